The van der Waals surface area contributed by atoms with Crippen LogP contribution in [-0.2, 0) is 6.42 Å². The third-order valence-electron chi connectivity index (χ3n) is 3.90. The number of anilines is 1. The van der Waals surface area contributed by atoms with Crippen LogP contribution in [0.3, 0.4) is 0 Å². The fourth-order valence-corrected chi connectivity index (χ4v) is 2.85. The Hall–Kier alpha value is -1.83. The summed E-state index contributed by atoms with van der Waals surface area (Å²) in [5.74, 6) is -0.175. The minimum atomic E-state index is -0.175. The lowest BCUT2D eigenvalue weighted by Gasteiger charge is -2.17. The van der Waals surface area contributed by atoms with Crippen LogP contribution >= 0.6 is 0 Å². The average Bonchev–Trinajstić information content (AvgIpc) is 2.75. The Balaban J connectivity index is 1.88. The summed E-state index contributed by atoms with van der Waals surface area (Å²) in [6.07, 6.45) is 2.23. The van der Waals surface area contributed by atoms with Gasteiger partial charge in [-0.25, -0.2) is 4.39 Å². The zero-order valence-corrected chi connectivity index (χ0v) is 11.3. The van der Waals surface area contributed by atoms with Crippen molar-refractivity contribution in [2.75, 3.05) is 5.32 Å². The van der Waals surface area contributed by atoms with Crippen LogP contribution in [-0.4, -0.2) is 0 Å². The molecule has 0 heterocycles. The second-order valence-corrected chi connectivity index (χ2v) is 5.40. The van der Waals surface area contributed by atoms with E-state index in [0.29, 0.717) is 6.04 Å². The van der Waals surface area contributed by atoms with Gasteiger partial charge >= 0.3 is 0 Å². The Morgan fingerprint density at radius 2 is 1.95 bits per heavy atom. The van der Waals surface area contributed by atoms with Crippen LogP contribution in [0.1, 0.15) is 34.7 Å². The summed E-state index contributed by atoms with van der Waals surface area (Å²) in [5, 5.41) is 3.55. The van der Waals surface area contributed by atoms with Crippen molar-refractivity contribution in [2.45, 2.75) is 32.7 Å². The zero-order valence-electron chi connectivity index (χ0n) is 11.3. The molecule has 2 aromatic carbocycles. The highest BCUT2D eigenvalue weighted by atomic mass is 19.1. The molecule has 1 nitrogen and oxygen atoms in total. The number of fused-ring (bicyclic) bond motifs is 1. The molecule has 0 fully saturated rings. The quantitative estimate of drug-likeness (QED) is 0.830. The second kappa shape index (κ2) is 4.69. The molecule has 0 spiro atoms. The summed E-state index contributed by atoms with van der Waals surface area (Å²) in [6, 6.07) is 11.9. The highest BCUT2D eigenvalue weighted by Gasteiger charge is 2.22. The number of rotatable bonds is 2. The van der Waals surface area contributed by atoms with Crippen molar-refractivity contribution in [3.05, 3.63) is 64.5 Å². The van der Waals surface area contributed by atoms with Crippen molar-refractivity contribution in [1.29, 1.82) is 0 Å². The SMILES string of the molecule is Cc1ccc2c(c1)C(Nc1ccc(F)cc1C)CC2. The summed E-state index contributed by atoms with van der Waals surface area (Å²) >= 11 is 0. The molecular formula is C17H18FN. The van der Waals surface area contributed by atoms with Gasteiger partial charge in [-0.2, -0.15) is 0 Å². The highest BCUT2D eigenvalue weighted by molar-refractivity contribution is 5.54. The maximum atomic E-state index is 13.1. The van der Waals surface area contributed by atoms with E-state index in [9.17, 15) is 4.39 Å². The summed E-state index contributed by atoms with van der Waals surface area (Å²) in [6.45, 7) is 4.07. The second-order valence-electron chi connectivity index (χ2n) is 5.40. The molecule has 0 saturated heterocycles. The standard InChI is InChI=1S/C17H18FN/c1-11-3-4-13-5-7-17(15(13)9-11)19-16-8-6-14(18)10-12(16)2/h3-4,6,8-10,17,19H,5,7H2,1-2H3. The monoisotopic (exact) mass is 255 g/mol. The molecule has 2 heteroatoms. The van der Waals surface area contributed by atoms with Gasteiger partial charge in [-0.15, -0.1) is 0 Å². The van der Waals surface area contributed by atoms with Crippen molar-refractivity contribution in [1.82, 2.24) is 0 Å². The summed E-state index contributed by atoms with van der Waals surface area (Å²) in [4.78, 5) is 0. The first-order chi connectivity index (χ1) is 9.13. The first kappa shape index (κ1) is 12.2. The van der Waals surface area contributed by atoms with Gasteiger partial charge in [-0.1, -0.05) is 23.8 Å². The largest absolute Gasteiger partial charge is 0.378 e. The summed E-state index contributed by atoms with van der Waals surface area (Å²) in [7, 11) is 0. The molecule has 3 rings (SSSR count). The molecule has 98 valence electrons. The van der Waals surface area contributed by atoms with Crippen molar-refractivity contribution in [2.24, 2.45) is 0 Å². The minimum Gasteiger partial charge on any atom is -0.378 e. The molecule has 1 unspecified atom stereocenters. The highest BCUT2D eigenvalue weighted by Crippen LogP contribution is 2.35. The van der Waals surface area contributed by atoms with Gasteiger partial charge in [0.05, 0.1) is 6.04 Å². The van der Waals surface area contributed by atoms with Gasteiger partial charge in [0, 0.05) is 5.69 Å². The molecule has 0 aromatic heterocycles. The molecule has 1 aliphatic rings. The first-order valence-electron chi connectivity index (χ1n) is 6.75. The Kier molecular flexibility index (Phi) is 3.02. The molecule has 19 heavy (non-hydrogen) atoms. The summed E-state index contributed by atoms with van der Waals surface area (Å²) in [5.41, 5.74) is 6.11. The third kappa shape index (κ3) is 2.35. The Labute approximate surface area is 113 Å². The molecule has 0 amide bonds. The van der Waals surface area contributed by atoms with E-state index in [1.807, 2.05) is 13.0 Å². The fraction of sp³-hybridized carbons (Fsp3) is 0.294. The molecule has 0 aliphatic heterocycles. The molecular weight excluding hydrogens is 237 g/mol. The van der Waals surface area contributed by atoms with Crippen molar-refractivity contribution in [3.8, 4) is 0 Å². The Bertz CT molecular complexity index is 619. The van der Waals surface area contributed by atoms with Crippen LogP contribution in [0.15, 0.2) is 36.4 Å². The van der Waals surface area contributed by atoms with E-state index >= 15 is 0 Å². The van der Waals surface area contributed by atoms with Crippen LogP contribution in [0.5, 0.6) is 0 Å². The van der Waals surface area contributed by atoms with Gasteiger partial charge in [0.15, 0.2) is 0 Å². The van der Waals surface area contributed by atoms with Crippen LogP contribution in [0.25, 0.3) is 0 Å². The smallest absolute Gasteiger partial charge is 0.123 e. The molecule has 1 atom stereocenters. The van der Waals surface area contributed by atoms with Crippen LogP contribution in [0.2, 0.25) is 0 Å². The molecule has 0 radical (unpaired) electrons. The van der Waals surface area contributed by atoms with Crippen LogP contribution < -0.4 is 5.32 Å². The average molecular weight is 255 g/mol. The molecule has 0 saturated carbocycles. The number of halogens is 1. The number of benzene rings is 2. The lowest BCUT2D eigenvalue weighted by molar-refractivity contribution is 0.626. The normalized spacial score (nSPS) is 17.3. The lowest BCUT2D eigenvalue weighted by atomic mass is 10.0. The van der Waals surface area contributed by atoms with E-state index in [1.54, 1.807) is 6.07 Å². The topological polar surface area (TPSA) is 12.0 Å². The number of hydrogen-bond donors (Lipinski definition) is 1. The van der Waals surface area contributed by atoms with E-state index in [2.05, 4.69) is 30.4 Å². The van der Waals surface area contributed by atoms with Gasteiger partial charge in [0.1, 0.15) is 5.82 Å². The fourth-order valence-electron chi connectivity index (χ4n) is 2.85. The van der Waals surface area contributed by atoms with Crippen LogP contribution in [0.4, 0.5) is 10.1 Å². The minimum absolute atomic E-state index is 0.175. The third-order valence-corrected chi connectivity index (χ3v) is 3.90. The maximum Gasteiger partial charge on any atom is 0.123 e. The first-order valence-corrected chi connectivity index (χ1v) is 6.75. The van der Waals surface area contributed by atoms with Gasteiger partial charge in [0.25, 0.3) is 0 Å². The van der Waals surface area contributed by atoms with Gasteiger partial charge in [-0.05, 0) is 61.6 Å². The van der Waals surface area contributed by atoms with E-state index in [0.717, 1.165) is 24.1 Å². The van der Waals surface area contributed by atoms with Gasteiger partial charge in [0.2, 0.25) is 0 Å². The number of aryl methyl sites for hydroxylation is 3. The zero-order chi connectivity index (χ0) is 13.4. The number of hydrogen-bond acceptors (Lipinski definition) is 1. The molecule has 0 bridgehead atoms. The van der Waals surface area contributed by atoms with Gasteiger partial charge in [-0.3, -0.25) is 0 Å². The van der Waals surface area contributed by atoms with E-state index in [-0.39, 0.29) is 5.82 Å². The van der Waals surface area contributed by atoms with E-state index in [1.165, 1.54) is 22.8 Å². The van der Waals surface area contributed by atoms with Crippen LogP contribution in [0, 0.1) is 19.7 Å². The number of nitrogens with one attached hydrogen (secondary N) is 1. The molecule has 2 aromatic rings. The Morgan fingerprint density at radius 1 is 1.11 bits per heavy atom. The molecule has 1 aliphatic carbocycles. The van der Waals surface area contributed by atoms with E-state index in [4.69, 9.17) is 0 Å². The lowest BCUT2D eigenvalue weighted by Crippen LogP contribution is -2.08. The predicted molar refractivity (Wildman–Crippen MR) is 77.0 cm³/mol. The van der Waals surface area contributed by atoms with Crippen molar-refractivity contribution >= 4 is 5.69 Å². The maximum absolute atomic E-state index is 13.1. The van der Waals surface area contributed by atoms with Crippen molar-refractivity contribution in [3.63, 3.8) is 0 Å². The van der Waals surface area contributed by atoms with Gasteiger partial charge < -0.3 is 5.32 Å². The predicted octanol–water partition coefficient (Wildman–Crippen LogP) is 4.54. The molecule has 1 N–H and O–H groups in total. The van der Waals surface area contributed by atoms with E-state index < -0.39 is 0 Å². The van der Waals surface area contributed by atoms with Crippen molar-refractivity contribution < 1.29 is 4.39 Å². The Morgan fingerprint density at radius 3 is 2.74 bits per heavy atom. The summed E-state index contributed by atoms with van der Waals surface area (Å²) < 4.78 is 13.1.